The number of nitrogens with zero attached hydrogens (tertiary/aromatic N) is 1. The minimum Gasteiger partial charge on any atom is -0.364 e. The van der Waals surface area contributed by atoms with E-state index in [1.807, 2.05) is 0 Å². The van der Waals surface area contributed by atoms with Crippen molar-refractivity contribution in [3.05, 3.63) is 24.4 Å². The first-order chi connectivity index (χ1) is 5.25. The molecule has 1 rings (SSSR count). The molecule has 0 fully saturated rings. The molecule has 5 heteroatoms. The monoisotopic (exact) mass is 191 g/mol. The number of carbonyl (C=O) groups excluding carboxylic acids is 1. The summed E-state index contributed by atoms with van der Waals surface area (Å²) >= 11 is 0. The lowest BCUT2D eigenvalue weighted by Gasteiger charge is -2.22. The largest absolute Gasteiger partial charge is 0.368 e. The van der Waals surface area contributed by atoms with E-state index in [0.29, 0.717) is 0 Å². The van der Waals surface area contributed by atoms with Crippen molar-refractivity contribution >= 4 is 18.4 Å². The second-order valence-electron chi connectivity index (χ2n) is 2.25. The van der Waals surface area contributed by atoms with Gasteiger partial charge in [-0.15, -0.1) is 12.4 Å². The average Bonchev–Trinajstić information content (AvgIpc) is 2.04. The van der Waals surface area contributed by atoms with Gasteiger partial charge in [-0.25, -0.2) is 4.79 Å². The third-order valence-corrected chi connectivity index (χ3v) is 1.50. The van der Waals surface area contributed by atoms with Crippen molar-refractivity contribution in [3.8, 4) is 0 Å². The summed E-state index contributed by atoms with van der Waals surface area (Å²) in [5, 5.41) is 8.07. The predicted molar refractivity (Wildman–Crippen MR) is 45.8 cm³/mol. The molecule has 0 saturated heterocycles. The molecule has 1 aliphatic rings. The Balaban J connectivity index is 0.00000121. The maximum atomic E-state index is 10.8. The summed E-state index contributed by atoms with van der Waals surface area (Å²) in [6.07, 6.45) is 6.88. The third-order valence-electron chi connectivity index (χ3n) is 1.50. The number of hydrogen-bond donors (Lipinski definition) is 1. The lowest BCUT2D eigenvalue weighted by atomic mass is 10.2. The zero-order chi connectivity index (χ0) is 8.27. The smallest absolute Gasteiger partial charge is 0.364 e. The Kier molecular flexibility index (Phi) is 4.39. The fourth-order valence-corrected chi connectivity index (χ4v) is 0.882. The van der Waals surface area contributed by atoms with Gasteiger partial charge in [-0.05, 0) is 12.3 Å². The van der Waals surface area contributed by atoms with Gasteiger partial charge >= 0.3 is 5.97 Å². The Morgan fingerprint density at radius 3 is 2.75 bits per heavy atom. The molecule has 1 atom stereocenters. The molecule has 68 valence electrons. The van der Waals surface area contributed by atoms with Crippen molar-refractivity contribution in [1.82, 2.24) is 4.90 Å². The summed E-state index contributed by atoms with van der Waals surface area (Å²) in [6.45, 7) is 0. The van der Waals surface area contributed by atoms with Crippen LogP contribution in [0.25, 0.3) is 0 Å². The highest BCUT2D eigenvalue weighted by Gasteiger charge is 2.21. The first-order valence-corrected chi connectivity index (χ1v) is 3.18. The summed E-state index contributed by atoms with van der Waals surface area (Å²) < 4.78 is 0. The minimum atomic E-state index is -0.673. The molecule has 0 bridgehead atoms. The number of allylic oxidation sites excluding steroid dienone is 2. The first kappa shape index (κ1) is 11.0. The number of hydrogen-bond acceptors (Lipinski definition) is 4. The van der Waals surface area contributed by atoms with Gasteiger partial charge in [0.15, 0.2) is 0 Å². The molecule has 1 N–H and O–H groups in total. The quantitative estimate of drug-likeness (QED) is 0.492. The van der Waals surface area contributed by atoms with Crippen LogP contribution in [-0.2, 0) is 9.68 Å². The van der Waals surface area contributed by atoms with Gasteiger partial charge in [0.1, 0.15) is 6.04 Å². The van der Waals surface area contributed by atoms with Gasteiger partial charge in [0, 0.05) is 7.05 Å². The van der Waals surface area contributed by atoms with Crippen LogP contribution < -0.4 is 0 Å². The molecule has 1 heterocycles. The van der Waals surface area contributed by atoms with E-state index in [-0.39, 0.29) is 12.4 Å². The van der Waals surface area contributed by atoms with Crippen molar-refractivity contribution in [2.45, 2.75) is 6.04 Å². The Morgan fingerprint density at radius 2 is 2.25 bits per heavy atom. The second kappa shape index (κ2) is 4.79. The van der Waals surface area contributed by atoms with E-state index in [4.69, 9.17) is 5.26 Å². The number of carbonyl (C=O) groups is 1. The zero-order valence-corrected chi connectivity index (χ0v) is 7.32. The summed E-state index contributed by atoms with van der Waals surface area (Å²) in [7, 11) is 1.72. The molecule has 0 spiro atoms. The van der Waals surface area contributed by atoms with Gasteiger partial charge in [0.2, 0.25) is 0 Å². The average molecular weight is 192 g/mol. The lowest BCUT2D eigenvalue weighted by molar-refractivity contribution is -0.237. The molecule has 0 amide bonds. The second-order valence-corrected chi connectivity index (χ2v) is 2.25. The zero-order valence-electron chi connectivity index (χ0n) is 6.51. The van der Waals surface area contributed by atoms with Crippen molar-refractivity contribution in [2.75, 3.05) is 7.05 Å². The highest BCUT2D eigenvalue weighted by molar-refractivity contribution is 5.85. The molecule has 0 aromatic carbocycles. The summed E-state index contributed by atoms with van der Waals surface area (Å²) in [5.74, 6) is -0.673. The van der Waals surface area contributed by atoms with Crippen LogP contribution in [0.1, 0.15) is 0 Å². The lowest BCUT2D eigenvalue weighted by Crippen LogP contribution is -2.35. The Morgan fingerprint density at radius 1 is 1.58 bits per heavy atom. The Hall–Kier alpha value is -1.00. The van der Waals surface area contributed by atoms with Crippen LogP contribution in [0.15, 0.2) is 24.4 Å². The van der Waals surface area contributed by atoms with E-state index in [0.717, 1.165) is 0 Å². The highest BCUT2D eigenvalue weighted by Crippen LogP contribution is 2.06. The first-order valence-electron chi connectivity index (χ1n) is 3.18. The summed E-state index contributed by atoms with van der Waals surface area (Å²) in [4.78, 5) is 16.0. The Bertz CT molecular complexity index is 215. The molecule has 0 saturated carbocycles. The van der Waals surface area contributed by atoms with Gasteiger partial charge in [-0.1, -0.05) is 12.2 Å². The predicted octanol–water partition coefficient (Wildman–Crippen LogP) is 0.808. The summed E-state index contributed by atoms with van der Waals surface area (Å²) in [5.41, 5.74) is 0. The molecular formula is C7H10ClNO3. The summed E-state index contributed by atoms with van der Waals surface area (Å²) in [6, 6.07) is -0.509. The molecule has 0 aliphatic carbocycles. The van der Waals surface area contributed by atoms with E-state index in [1.165, 1.54) is 0 Å². The number of rotatable bonds is 1. The maximum Gasteiger partial charge on any atom is 0.368 e. The molecule has 12 heavy (non-hydrogen) atoms. The van der Waals surface area contributed by atoms with Crippen molar-refractivity contribution in [3.63, 3.8) is 0 Å². The van der Waals surface area contributed by atoms with E-state index in [1.54, 1.807) is 36.4 Å². The fourth-order valence-electron chi connectivity index (χ4n) is 0.882. The molecule has 0 aromatic heterocycles. The van der Waals surface area contributed by atoms with Crippen LogP contribution in [0, 0.1) is 0 Å². The van der Waals surface area contributed by atoms with Crippen LogP contribution in [0.5, 0.6) is 0 Å². The minimum absolute atomic E-state index is 0. The van der Waals surface area contributed by atoms with E-state index in [9.17, 15) is 4.79 Å². The van der Waals surface area contributed by atoms with E-state index >= 15 is 0 Å². The van der Waals surface area contributed by atoms with Gasteiger partial charge in [0.25, 0.3) is 0 Å². The van der Waals surface area contributed by atoms with Gasteiger partial charge in [-0.3, -0.25) is 4.89 Å². The standard InChI is InChI=1S/C7H9NO3.ClH/c1-8-5-3-2-4-6(8)7(9)11-10;/h2-6,10H,1H3;1H. The van der Waals surface area contributed by atoms with Gasteiger partial charge in [-0.2, -0.15) is 5.26 Å². The maximum absolute atomic E-state index is 10.8. The van der Waals surface area contributed by atoms with Crippen LogP contribution in [0.4, 0.5) is 0 Å². The van der Waals surface area contributed by atoms with E-state index < -0.39 is 12.0 Å². The third kappa shape index (κ3) is 2.25. The topological polar surface area (TPSA) is 49.8 Å². The molecular weight excluding hydrogens is 182 g/mol. The number of halogens is 1. The van der Waals surface area contributed by atoms with Crippen LogP contribution in [-0.4, -0.2) is 29.2 Å². The van der Waals surface area contributed by atoms with Crippen molar-refractivity contribution < 1.29 is 14.9 Å². The van der Waals surface area contributed by atoms with Gasteiger partial charge in [0.05, 0.1) is 0 Å². The van der Waals surface area contributed by atoms with Crippen molar-refractivity contribution in [2.24, 2.45) is 0 Å². The van der Waals surface area contributed by atoms with E-state index in [2.05, 4.69) is 4.89 Å². The molecule has 1 unspecified atom stereocenters. The molecule has 4 nitrogen and oxygen atoms in total. The fraction of sp³-hybridized carbons (Fsp3) is 0.286. The van der Waals surface area contributed by atoms with Crippen LogP contribution in [0.3, 0.4) is 0 Å². The van der Waals surface area contributed by atoms with Crippen molar-refractivity contribution in [1.29, 1.82) is 0 Å². The van der Waals surface area contributed by atoms with Crippen LogP contribution >= 0.6 is 12.4 Å². The SMILES string of the molecule is CN1C=CC=CC1C(=O)OO.Cl. The normalized spacial score (nSPS) is 20.2. The Labute approximate surface area is 76.5 Å². The van der Waals surface area contributed by atoms with Crippen LogP contribution in [0.2, 0.25) is 0 Å². The highest BCUT2D eigenvalue weighted by atomic mass is 35.5. The van der Waals surface area contributed by atoms with Gasteiger partial charge < -0.3 is 4.90 Å². The molecule has 1 aliphatic heterocycles. The number of likely N-dealkylation sites (N-methyl/N-ethyl adjacent to an activating group) is 1. The molecule has 0 radical (unpaired) electrons. The molecule has 0 aromatic rings.